The second-order valence-corrected chi connectivity index (χ2v) is 4.41. The Morgan fingerprint density at radius 1 is 1.45 bits per heavy atom. The number of carbonyl (C=O) groups is 1. The van der Waals surface area contributed by atoms with E-state index in [1.807, 2.05) is 13.8 Å². The number of benzene rings is 1. The van der Waals surface area contributed by atoms with E-state index in [0.717, 1.165) is 0 Å². The van der Waals surface area contributed by atoms with Gasteiger partial charge in [0.15, 0.2) is 0 Å². The number of ether oxygens (including phenoxy) is 1. The molecule has 1 aromatic rings. The Balaban J connectivity index is 2.77. The second-order valence-electron chi connectivity index (χ2n) is 4.41. The summed E-state index contributed by atoms with van der Waals surface area (Å²) in [4.78, 5) is 22.3. The van der Waals surface area contributed by atoms with Gasteiger partial charge in [-0.25, -0.2) is 0 Å². The number of nitrogens with zero attached hydrogens (tertiary/aromatic N) is 1. The highest BCUT2D eigenvalue weighted by molar-refractivity contribution is 5.99. The predicted molar refractivity (Wildman–Crippen MR) is 76.1 cm³/mol. The number of rotatable bonds is 7. The van der Waals surface area contributed by atoms with Gasteiger partial charge in [-0.1, -0.05) is 0 Å². The largest absolute Gasteiger partial charge is 0.388 e. The number of hydrogen-bond acceptors (Lipinski definition) is 5. The smallest absolute Gasteiger partial charge is 0.282 e. The highest BCUT2D eigenvalue weighted by Gasteiger charge is 2.20. The van der Waals surface area contributed by atoms with Crippen LogP contribution in [0.15, 0.2) is 18.2 Å². The van der Waals surface area contributed by atoms with Crippen LogP contribution in [0.5, 0.6) is 0 Å². The third-order valence-corrected chi connectivity index (χ3v) is 2.57. The van der Waals surface area contributed by atoms with Crippen molar-refractivity contribution in [3.63, 3.8) is 0 Å². The lowest BCUT2D eigenvalue weighted by molar-refractivity contribution is -0.385. The maximum absolute atomic E-state index is 12.0. The summed E-state index contributed by atoms with van der Waals surface area (Å²) >= 11 is 0. The van der Waals surface area contributed by atoms with Gasteiger partial charge in [-0.05, 0) is 26.0 Å². The third kappa shape index (κ3) is 4.51. The SMILES string of the molecule is CNc1ccc([N+](=O)[O-])c(C(=O)NCCOC(C)C)c1. The maximum Gasteiger partial charge on any atom is 0.282 e. The number of carbonyl (C=O) groups excluding carboxylic acids is 1. The molecule has 7 nitrogen and oxygen atoms in total. The average molecular weight is 281 g/mol. The molecule has 0 aromatic heterocycles. The van der Waals surface area contributed by atoms with Gasteiger partial charge in [-0.15, -0.1) is 0 Å². The molecule has 110 valence electrons. The highest BCUT2D eigenvalue weighted by Crippen LogP contribution is 2.22. The third-order valence-electron chi connectivity index (χ3n) is 2.57. The van der Waals surface area contributed by atoms with Gasteiger partial charge in [-0.3, -0.25) is 14.9 Å². The molecular formula is C13H19N3O4. The Morgan fingerprint density at radius 3 is 2.70 bits per heavy atom. The molecule has 0 aliphatic heterocycles. The number of nitro groups is 1. The molecule has 0 atom stereocenters. The first-order valence-electron chi connectivity index (χ1n) is 6.31. The monoisotopic (exact) mass is 281 g/mol. The highest BCUT2D eigenvalue weighted by atomic mass is 16.6. The summed E-state index contributed by atoms with van der Waals surface area (Å²) in [6, 6.07) is 4.32. The second kappa shape index (κ2) is 7.44. The maximum atomic E-state index is 12.0. The predicted octanol–water partition coefficient (Wildman–Crippen LogP) is 1.79. The minimum Gasteiger partial charge on any atom is -0.388 e. The van der Waals surface area contributed by atoms with E-state index in [-0.39, 0.29) is 17.4 Å². The van der Waals surface area contributed by atoms with Crippen molar-refractivity contribution in [1.82, 2.24) is 5.32 Å². The van der Waals surface area contributed by atoms with E-state index in [2.05, 4.69) is 10.6 Å². The van der Waals surface area contributed by atoms with Crippen LogP contribution in [0.3, 0.4) is 0 Å². The van der Waals surface area contributed by atoms with Crippen molar-refractivity contribution in [2.24, 2.45) is 0 Å². The summed E-state index contributed by atoms with van der Waals surface area (Å²) in [5, 5.41) is 16.4. The van der Waals surface area contributed by atoms with Crippen LogP contribution >= 0.6 is 0 Å². The fourth-order valence-electron chi connectivity index (χ4n) is 1.59. The minimum atomic E-state index is -0.570. The van der Waals surface area contributed by atoms with E-state index in [1.165, 1.54) is 12.1 Å². The first-order valence-corrected chi connectivity index (χ1v) is 6.31. The summed E-state index contributed by atoms with van der Waals surface area (Å²) in [5.41, 5.74) is 0.455. The molecular weight excluding hydrogens is 262 g/mol. The van der Waals surface area contributed by atoms with Gasteiger partial charge < -0.3 is 15.4 Å². The van der Waals surface area contributed by atoms with Crippen LogP contribution in [-0.2, 0) is 4.74 Å². The molecule has 1 rings (SSSR count). The summed E-state index contributed by atoms with van der Waals surface area (Å²) in [6.45, 7) is 4.45. The molecule has 0 saturated heterocycles. The number of anilines is 1. The van der Waals surface area contributed by atoms with Crippen molar-refractivity contribution in [1.29, 1.82) is 0 Å². The zero-order chi connectivity index (χ0) is 15.1. The minimum absolute atomic E-state index is 0.0337. The van der Waals surface area contributed by atoms with Crippen molar-refractivity contribution >= 4 is 17.3 Å². The van der Waals surface area contributed by atoms with E-state index in [1.54, 1.807) is 13.1 Å². The number of hydrogen-bond donors (Lipinski definition) is 2. The fraction of sp³-hybridized carbons (Fsp3) is 0.462. The van der Waals surface area contributed by atoms with Gasteiger partial charge >= 0.3 is 0 Å². The molecule has 1 aromatic carbocycles. The van der Waals surface area contributed by atoms with Gasteiger partial charge in [0, 0.05) is 25.3 Å². The van der Waals surface area contributed by atoms with E-state index in [9.17, 15) is 14.9 Å². The van der Waals surface area contributed by atoms with Gasteiger partial charge in [0.05, 0.1) is 17.6 Å². The first kappa shape index (κ1) is 15.9. The molecule has 7 heteroatoms. The number of amides is 1. The molecule has 0 heterocycles. The normalized spacial score (nSPS) is 10.4. The molecule has 0 bridgehead atoms. The van der Waals surface area contributed by atoms with Crippen LogP contribution in [-0.4, -0.2) is 37.1 Å². The Morgan fingerprint density at radius 2 is 2.15 bits per heavy atom. The van der Waals surface area contributed by atoms with Crippen LogP contribution in [0.25, 0.3) is 0 Å². The molecule has 0 spiro atoms. The summed E-state index contributed by atoms with van der Waals surface area (Å²) in [7, 11) is 1.68. The molecule has 0 unspecified atom stereocenters. The van der Waals surface area contributed by atoms with Crippen molar-refractivity contribution in [2.75, 3.05) is 25.5 Å². The fourth-order valence-corrected chi connectivity index (χ4v) is 1.59. The quantitative estimate of drug-likeness (QED) is 0.451. The van der Waals surface area contributed by atoms with Gasteiger partial charge in [0.2, 0.25) is 0 Å². The van der Waals surface area contributed by atoms with Crippen molar-refractivity contribution < 1.29 is 14.5 Å². The van der Waals surface area contributed by atoms with Crippen LogP contribution in [0.1, 0.15) is 24.2 Å². The molecule has 0 aliphatic rings. The molecule has 0 fully saturated rings. The van der Waals surface area contributed by atoms with Crippen LogP contribution in [0, 0.1) is 10.1 Å². The summed E-state index contributed by atoms with van der Waals surface area (Å²) in [6.07, 6.45) is 0.0776. The van der Waals surface area contributed by atoms with Gasteiger partial charge in [0.25, 0.3) is 11.6 Å². The Bertz CT molecular complexity index is 489. The zero-order valence-electron chi connectivity index (χ0n) is 11.8. The Labute approximate surface area is 117 Å². The van der Waals surface area contributed by atoms with E-state index < -0.39 is 10.8 Å². The van der Waals surface area contributed by atoms with Crippen LogP contribution in [0.4, 0.5) is 11.4 Å². The summed E-state index contributed by atoms with van der Waals surface area (Å²) < 4.78 is 5.29. The number of nitro benzene ring substituents is 1. The lowest BCUT2D eigenvalue weighted by atomic mass is 10.1. The number of nitrogens with one attached hydrogen (secondary N) is 2. The lowest BCUT2D eigenvalue weighted by Crippen LogP contribution is -2.28. The zero-order valence-corrected chi connectivity index (χ0v) is 11.8. The van der Waals surface area contributed by atoms with Crippen molar-refractivity contribution in [2.45, 2.75) is 20.0 Å². The Kier molecular flexibility index (Phi) is 5.92. The molecule has 0 saturated carbocycles. The van der Waals surface area contributed by atoms with Gasteiger partial charge in [-0.2, -0.15) is 0 Å². The molecule has 1 amide bonds. The van der Waals surface area contributed by atoms with Crippen molar-refractivity contribution in [3.8, 4) is 0 Å². The van der Waals surface area contributed by atoms with E-state index in [0.29, 0.717) is 18.8 Å². The average Bonchev–Trinajstić information content (AvgIpc) is 2.42. The van der Waals surface area contributed by atoms with E-state index >= 15 is 0 Å². The molecule has 2 N–H and O–H groups in total. The summed E-state index contributed by atoms with van der Waals surface area (Å²) in [5.74, 6) is -0.485. The lowest BCUT2D eigenvalue weighted by Gasteiger charge is -2.09. The van der Waals surface area contributed by atoms with Crippen molar-refractivity contribution in [3.05, 3.63) is 33.9 Å². The van der Waals surface area contributed by atoms with E-state index in [4.69, 9.17) is 4.74 Å². The van der Waals surface area contributed by atoms with Crippen LogP contribution < -0.4 is 10.6 Å². The standard InChI is InChI=1S/C13H19N3O4/c1-9(2)20-7-6-15-13(17)11-8-10(14-3)4-5-12(11)16(18)19/h4-5,8-9,14H,6-7H2,1-3H3,(H,15,17). The molecule has 0 aliphatic carbocycles. The molecule has 20 heavy (non-hydrogen) atoms. The first-order chi connectivity index (χ1) is 9.45. The topological polar surface area (TPSA) is 93.5 Å². The molecule has 0 radical (unpaired) electrons. The van der Waals surface area contributed by atoms with Crippen LogP contribution in [0.2, 0.25) is 0 Å². The van der Waals surface area contributed by atoms with Gasteiger partial charge in [0.1, 0.15) is 5.56 Å². The Hall–Kier alpha value is -2.15.